The molecule has 1 atom stereocenters. The molecule has 0 radical (unpaired) electrons. The molecule has 2 aromatic heterocycles. The Morgan fingerprint density at radius 3 is 2.89 bits per heavy atom. The molecule has 1 N–H and O–H groups in total. The zero-order valence-corrected chi connectivity index (χ0v) is 10.1. The van der Waals surface area contributed by atoms with Crippen molar-refractivity contribution in [3.05, 3.63) is 48.4 Å². The van der Waals surface area contributed by atoms with E-state index in [4.69, 9.17) is 8.83 Å². The third-order valence-electron chi connectivity index (χ3n) is 2.75. The number of fused-ring (bicyclic) bond motifs is 1. The maximum Gasteiger partial charge on any atom is 0.295 e. The molecule has 0 aliphatic carbocycles. The van der Waals surface area contributed by atoms with Gasteiger partial charge >= 0.3 is 0 Å². The van der Waals surface area contributed by atoms with Crippen molar-refractivity contribution in [2.75, 3.05) is 5.32 Å². The van der Waals surface area contributed by atoms with Crippen LogP contribution in [0.1, 0.15) is 12.7 Å². The van der Waals surface area contributed by atoms with E-state index in [1.807, 2.05) is 36.4 Å². The van der Waals surface area contributed by atoms with Gasteiger partial charge in [-0.3, -0.25) is 0 Å². The number of furan rings is 1. The van der Waals surface area contributed by atoms with Gasteiger partial charge in [0.1, 0.15) is 11.3 Å². The molecular weight excluding hydrogens is 228 g/mol. The van der Waals surface area contributed by atoms with E-state index >= 15 is 0 Å². The fourth-order valence-corrected chi connectivity index (χ4v) is 1.93. The highest BCUT2D eigenvalue weighted by Gasteiger charge is 2.10. The number of nitrogens with zero attached hydrogens (tertiary/aromatic N) is 1. The summed E-state index contributed by atoms with van der Waals surface area (Å²) in [6, 6.07) is 12.3. The first-order chi connectivity index (χ1) is 8.81. The highest BCUT2D eigenvalue weighted by molar-refractivity contribution is 5.74. The number of hydrogen-bond donors (Lipinski definition) is 1. The van der Waals surface area contributed by atoms with Crippen molar-refractivity contribution >= 4 is 17.1 Å². The van der Waals surface area contributed by atoms with Crippen molar-refractivity contribution in [2.45, 2.75) is 19.4 Å². The maximum atomic E-state index is 5.61. The lowest BCUT2D eigenvalue weighted by Crippen LogP contribution is -2.17. The summed E-state index contributed by atoms with van der Waals surface area (Å²) in [7, 11) is 0. The molecule has 4 heteroatoms. The van der Waals surface area contributed by atoms with Gasteiger partial charge in [-0.05, 0) is 31.2 Å². The summed E-state index contributed by atoms with van der Waals surface area (Å²) >= 11 is 0. The summed E-state index contributed by atoms with van der Waals surface area (Å²) in [5.41, 5.74) is 1.66. The van der Waals surface area contributed by atoms with Crippen LogP contribution in [0.4, 0.5) is 6.01 Å². The van der Waals surface area contributed by atoms with Gasteiger partial charge in [0, 0.05) is 12.5 Å². The van der Waals surface area contributed by atoms with Crippen molar-refractivity contribution < 1.29 is 8.83 Å². The van der Waals surface area contributed by atoms with Crippen LogP contribution in [-0.2, 0) is 6.42 Å². The smallest absolute Gasteiger partial charge is 0.295 e. The first-order valence-electron chi connectivity index (χ1n) is 5.96. The number of hydrogen-bond acceptors (Lipinski definition) is 4. The van der Waals surface area contributed by atoms with Crippen LogP contribution in [0.5, 0.6) is 0 Å². The molecule has 18 heavy (non-hydrogen) atoms. The van der Waals surface area contributed by atoms with Gasteiger partial charge in [0.2, 0.25) is 0 Å². The van der Waals surface area contributed by atoms with Crippen LogP contribution in [0, 0.1) is 0 Å². The molecule has 4 nitrogen and oxygen atoms in total. The van der Waals surface area contributed by atoms with E-state index in [9.17, 15) is 0 Å². The molecule has 0 amide bonds. The van der Waals surface area contributed by atoms with E-state index in [0.29, 0.717) is 6.01 Å². The second-order valence-electron chi connectivity index (χ2n) is 4.32. The zero-order valence-electron chi connectivity index (χ0n) is 10.1. The summed E-state index contributed by atoms with van der Waals surface area (Å²) in [6.07, 6.45) is 2.48. The van der Waals surface area contributed by atoms with Crippen molar-refractivity contribution in [1.29, 1.82) is 0 Å². The minimum atomic E-state index is 0.198. The van der Waals surface area contributed by atoms with Crippen LogP contribution in [0.15, 0.2) is 51.5 Å². The lowest BCUT2D eigenvalue weighted by molar-refractivity contribution is 0.493. The van der Waals surface area contributed by atoms with Gasteiger partial charge in [-0.15, -0.1) is 0 Å². The average molecular weight is 242 g/mol. The Bertz CT molecular complexity index is 595. The first kappa shape index (κ1) is 10.9. The number of anilines is 1. The number of aromatic nitrogens is 1. The number of benzene rings is 1. The second-order valence-corrected chi connectivity index (χ2v) is 4.32. The molecule has 0 fully saturated rings. The molecule has 0 spiro atoms. The normalized spacial score (nSPS) is 12.7. The predicted octanol–water partition coefficient (Wildman–Crippen LogP) is 3.46. The lowest BCUT2D eigenvalue weighted by atomic mass is 10.2. The molecule has 0 aliphatic heterocycles. The predicted molar refractivity (Wildman–Crippen MR) is 69.5 cm³/mol. The number of para-hydroxylation sites is 2. The highest BCUT2D eigenvalue weighted by atomic mass is 16.4. The maximum absolute atomic E-state index is 5.61. The third-order valence-corrected chi connectivity index (χ3v) is 2.75. The van der Waals surface area contributed by atoms with E-state index in [0.717, 1.165) is 23.3 Å². The number of rotatable bonds is 4. The van der Waals surface area contributed by atoms with Gasteiger partial charge in [-0.2, -0.15) is 4.98 Å². The minimum Gasteiger partial charge on any atom is -0.469 e. The van der Waals surface area contributed by atoms with Crippen LogP contribution in [0.2, 0.25) is 0 Å². The van der Waals surface area contributed by atoms with E-state index in [1.165, 1.54) is 0 Å². The molecule has 3 rings (SSSR count). The summed E-state index contributed by atoms with van der Waals surface area (Å²) < 4.78 is 10.9. The SMILES string of the molecule is CC(Cc1ccco1)Nc1nc2ccccc2o1. The Hall–Kier alpha value is -2.23. The summed E-state index contributed by atoms with van der Waals surface area (Å²) in [4.78, 5) is 4.37. The Labute approximate surface area is 105 Å². The van der Waals surface area contributed by atoms with Gasteiger partial charge in [0.05, 0.1) is 6.26 Å². The van der Waals surface area contributed by atoms with Crippen LogP contribution in [0.25, 0.3) is 11.1 Å². The first-order valence-corrected chi connectivity index (χ1v) is 5.96. The van der Waals surface area contributed by atoms with Crippen LogP contribution >= 0.6 is 0 Å². The molecule has 2 heterocycles. The molecule has 0 saturated heterocycles. The Morgan fingerprint density at radius 1 is 1.22 bits per heavy atom. The number of oxazole rings is 1. The van der Waals surface area contributed by atoms with Crippen molar-refractivity contribution in [1.82, 2.24) is 4.98 Å². The third kappa shape index (κ3) is 2.22. The lowest BCUT2D eigenvalue weighted by Gasteiger charge is -2.09. The molecule has 92 valence electrons. The number of nitrogens with one attached hydrogen (secondary N) is 1. The van der Waals surface area contributed by atoms with Crippen LogP contribution < -0.4 is 5.32 Å². The Balaban J connectivity index is 1.71. The molecular formula is C14H14N2O2. The summed E-state index contributed by atoms with van der Waals surface area (Å²) in [6.45, 7) is 2.07. The second kappa shape index (κ2) is 4.56. The zero-order chi connectivity index (χ0) is 12.4. The molecule has 1 unspecified atom stereocenters. The quantitative estimate of drug-likeness (QED) is 0.761. The van der Waals surface area contributed by atoms with Gasteiger partial charge in [-0.1, -0.05) is 12.1 Å². The molecule has 3 aromatic rings. The molecule has 0 saturated carbocycles. The highest BCUT2D eigenvalue weighted by Crippen LogP contribution is 2.19. The topological polar surface area (TPSA) is 51.2 Å². The average Bonchev–Trinajstić information content (AvgIpc) is 2.96. The van der Waals surface area contributed by atoms with Crippen LogP contribution in [0.3, 0.4) is 0 Å². The largest absolute Gasteiger partial charge is 0.469 e. The van der Waals surface area contributed by atoms with E-state index < -0.39 is 0 Å². The summed E-state index contributed by atoms with van der Waals surface area (Å²) in [5.74, 6) is 0.950. The summed E-state index contributed by atoms with van der Waals surface area (Å²) in [5, 5.41) is 3.23. The van der Waals surface area contributed by atoms with E-state index in [1.54, 1.807) is 6.26 Å². The Morgan fingerprint density at radius 2 is 2.11 bits per heavy atom. The van der Waals surface area contributed by atoms with Crippen molar-refractivity contribution in [3.63, 3.8) is 0 Å². The monoisotopic (exact) mass is 242 g/mol. The van der Waals surface area contributed by atoms with Crippen molar-refractivity contribution in [3.8, 4) is 0 Å². The molecule has 0 aliphatic rings. The van der Waals surface area contributed by atoms with Gasteiger partial charge < -0.3 is 14.2 Å². The van der Waals surface area contributed by atoms with Gasteiger partial charge in [-0.25, -0.2) is 0 Å². The standard InChI is InChI=1S/C14H14N2O2/c1-10(9-11-5-4-8-17-11)15-14-16-12-6-2-3-7-13(12)18-14/h2-8,10H,9H2,1H3,(H,15,16). The van der Waals surface area contributed by atoms with E-state index in [2.05, 4.69) is 17.2 Å². The van der Waals surface area contributed by atoms with Gasteiger partial charge in [0.25, 0.3) is 6.01 Å². The molecule has 0 bridgehead atoms. The van der Waals surface area contributed by atoms with E-state index in [-0.39, 0.29) is 6.04 Å². The minimum absolute atomic E-state index is 0.198. The molecule has 1 aromatic carbocycles. The fraction of sp³-hybridized carbons (Fsp3) is 0.214. The van der Waals surface area contributed by atoms with Crippen molar-refractivity contribution in [2.24, 2.45) is 0 Å². The van der Waals surface area contributed by atoms with Gasteiger partial charge in [0.15, 0.2) is 5.58 Å². The van der Waals surface area contributed by atoms with Crippen LogP contribution in [-0.4, -0.2) is 11.0 Å². The fourth-order valence-electron chi connectivity index (χ4n) is 1.93. The Kier molecular flexibility index (Phi) is 2.76.